The number of ether oxygens (including phenoxy) is 1. The molecule has 13 aromatic rings. The van der Waals surface area contributed by atoms with E-state index in [9.17, 15) is 0 Å². The Bertz CT molecular complexity index is 4190. The van der Waals surface area contributed by atoms with E-state index in [0.717, 1.165) is 83.8 Å². The van der Waals surface area contributed by atoms with Crippen LogP contribution in [0, 0.1) is 18.8 Å². The zero-order valence-electron chi connectivity index (χ0n) is 43.0. The van der Waals surface area contributed by atoms with E-state index in [1.165, 1.54) is 32.7 Å². The number of rotatable bonds is 7. The summed E-state index contributed by atoms with van der Waals surface area (Å²) < 4.78 is 13.9. The fourth-order valence-corrected chi connectivity index (χ4v) is 11.3. The van der Waals surface area contributed by atoms with Gasteiger partial charge in [-0.25, -0.2) is 4.98 Å². The fraction of sp³-hybridized carbons (Fsp3) is 0.119. The first-order chi connectivity index (χ1) is 36.5. The molecule has 0 amide bonds. The number of nitrogens with zero attached hydrogens (tertiary/aromatic N) is 7. The molecule has 1 aliphatic rings. The minimum atomic E-state index is -0.204. The Morgan fingerprint density at radius 2 is 0.947 bits per heavy atom. The van der Waals surface area contributed by atoms with Gasteiger partial charge >= 0.3 is 0 Å². The predicted octanol–water partition coefficient (Wildman–Crippen LogP) is 17.2. The summed E-state index contributed by atoms with van der Waals surface area (Å²) in [5.41, 5.74) is 14.5. The van der Waals surface area contributed by atoms with E-state index in [4.69, 9.17) is 14.7 Å². The second-order valence-corrected chi connectivity index (χ2v) is 21.7. The van der Waals surface area contributed by atoms with Crippen LogP contribution in [-0.4, -0.2) is 23.7 Å². The molecule has 0 saturated carbocycles. The molecular weight excluding hydrogens is 1110 g/mol. The van der Waals surface area contributed by atoms with E-state index in [-0.39, 0.29) is 31.9 Å². The van der Waals surface area contributed by atoms with Gasteiger partial charge in [0.25, 0.3) is 0 Å². The molecular formula is C67H52N7OPt-3. The van der Waals surface area contributed by atoms with Crippen molar-refractivity contribution in [3.63, 3.8) is 0 Å². The Kier molecular flexibility index (Phi) is 11.1. The van der Waals surface area contributed by atoms with Gasteiger partial charge in [0.15, 0.2) is 0 Å². The maximum atomic E-state index is 6.77. The van der Waals surface area contributed by atoms with Gasteiger partial charge in [0.05, 0.1) is 44.8 Å². The third-order valence-corrected chi connectivity index (χ3v) is 15.0. The number of hydrogen-bond acceptors (Lipinski definition) is 5. The number of para-hydroxylation sites is 5. The van der Waals surface area contributed by atoms with Gasteiger partial charge in [-0.15, -0.1) is 48.1 Å². The SMILES string of the molecule is CC(C)(C)c1ccnc(-n2c3[c-]c(Oc4[c-]c(N5[CH-]N(c6c(-n7c8ccccc8c8ccccc87)cc(C(C)(C)C)cc6-n6c7ccccc7c7ccccc76)c6ccncc65)ccc4)ccc3c3ccccc32)c1.[Pt]. The summed E-state index contributed by atoms with van der Waals surface area (Å²) in [7, 11) is 0. The van der Waals surface area contributed by atoms with E-state index in [2.05, 4.69) is 248 Å². The molecule has 0 fully saturated rings. The number of aromatic nitrogens is 5. The normalized spacial score (nSPS) is 12.9. The number of benzene rings is 8. The standard InChI is InChI=1S/C67H52N7O.Pt/c1-66(2,3)43-32-35-69-64(38-43)74-58-29-16-11-24-52(58)53-31-30-47(40-60(53)74)75-46-19-17-18-45(39-46)70-42-71(59-33-34-68-41-63(59)70)65-61(72-54-25-12-7-20-48(54)49-21-8-13-26-55(49)72)36-44(67(4,5)6)37-62(65)73-56-27-14-9-22-50(56)51-23-10-15-28-57(51)73;/h7-38,41-42H,1-6H3;/q-3;. The third kappa shape index (κ3) is 7.52. The molecule has 0 N–H and O–H groups in total. The summed E-state index contributed by atoms with van der Waals surface area (Å²) in [6.45, 7) is 15.8. The van der Waals surface area contributed by atoms with E-state index >= 15 is 0 Å². The molecule has 0 atom stereocenters. The van der Waals surface area contributed by atoms with Gasteiger partial charge in [-0.2, -0.15) is 12.1 Å². The summed E-state index contributed by atoms with van der Waals surface area (Å²) in [6, 6.07) is 72.3. The first-order valence-electron chi connectivity index (χ1n) is 25.6. The molecule has 76 heavy (non-hydrogen) atoms. The molecule has 0 radical (unpaired) electrons. The van der Waals surface area contributed by atoms with Crippen molar-refractivity contribution < 1.29 is 25.8 Å². The van der Waals surface area contributed by atoms with Crippen molar-refractivity contribution in [2.45, 2.75) is 52.4 Å². The second-order valence-electron chi connectivity index (χ2n) is 21.7. The molecule has 1 aliphatic heterocycles. The summed E-state index contributed by atoms with van der Waals surface area (Å²) in [4.78, 5) is 14.2. The Labute approximate surface area is 456 Å². The van der Waals surface area contributed by atoms with Crippen molar-refractivity contribution >= 4 is 88.2 Å². The summed E-state index contributed by atoms with van der Waals surface area (Å²) in [5, 5.41) is 7.00. The van der Waals surface area contributed by atoms with Crippen molar-refractivity contribution in [2.75, 3.05) is 9.80 Å². The van der Waals surface area contributed by atoms with E-state index in [0.29, 0.717) is 11.5 Å². The molecule has 374 valence electrons. The van der Waals surface area contributed by atoms with Gasteiger partial charge < -0.3 is 28.2 Å². The molecule has 0 saturated heterocycles. The quantitative estimate of drug-likeness (QED) is 0.149. The topological polar surface area (TPSA) is 56.3 Å². The minimum Gasteiger partial charge on any atom is -0.509 e. The summed E-state index contributed by atoms with van der Waals surface area (Å²) in [6.07, 6.45) is 5.73. The molecule has 5 aromatic heterocycles. The van der Waals surface area contributed by atoms with Crippen molar-refractivity contribution in [2.24, 2.45) is 0 Å². The molecule has 0 spiro atoms. The van der Waals surface area contributed by atoms with Gasteiger partial charge in [-0.05, 0) is 88.0 Å². The number of pyridine rings is 2. The number of fused-ring (bicyclic) bond motifs is 10. The summed E-state index contributed by atoms with van der Waals surface area (Å²) in [5.74, 6) is 1.97. The van der Waals surface area contributed by atoms with Gasteiger partial charge in [0.2, 0.25) is 0 Å². The molecule has 9 heteroatoms. The molecule has 8 aromatic carbocycles. The molecule has 0 unspecified atom stereocenters. The van der Waals surface area contributed by atoms with Crippen LogP contribution in [0.25, 0.3) is 82.6 Å². The maximum absolute atomic E-state index is 6.77. The van der Waals surface area contributed by atoms with Crippen LogP contribution in [0.1, 0.15) is 52.7 Å². The monoisotopic (exact) mass is 1170 g/mol. The molecule has 14 rings (SSSR count). The first kappa shape index (κ1) is 47.3. The average Bonchev–Trinajstić information content (AvgIpc) is 4.26. The average molecular weight is 1170 g/mol. The number of anilines is 4. The van der Waals surface area contributed by atoms with Crippen LogP contribution >= 0.6 is 0 Å². The van der Waals surface area contributed by atoms with Crippen LogP contribution in [0.15, 0.2) is 201 Å². The first-order valence-corrected chi connectivity index (χ1v) is 25.6. The van der Waals surface area contributed by atoms with Crippen LogP contribution in [0.5, 0.6) is 11.5 Å². The summed E-state index contributed by atoms with van der Waals surface area (Å²) >= 11 is 0. The Morgan fingerprint density at radius 1 is 0.434 bits per heavy atom. The van der Waals surface area contributed by atoms with Crippen molar-refractivity contribution in [1.82, 2.24) is 23.7 Å². The molecule has 0 aliphatic carbocycles. The molecule has 0 bridgehead atoms. The Morgan fingerprint density at radius 3 is 1.50 bits per heavy atom. The van der Waals surface area contributed by atoms with Crippen LogP contribution in [0.3, 0.4) is 0 Å². The third-order valence-electron chi connectivity index (χ3n) is 15.0. The maximum Gasteiger partial charge on any atom is 0.135 e. The zero-order valence-corrected chi connectivity index (χ0v) is 45.3. The molecule has 8 nitrogen and oxygen atoms in total. The van der Waals surface area contributed by atoms with E-state index in [1.807, 2.05) is 36.8 Å². The molecule has 6 heterocycles. The smallest absolute Gasteiger partial charge is 0.135 e. The van der Waals surface area contributed by atoms with Crippen molar-refractivity contribution in [3.8, 4) is 28.7 Å². The number of hydrogen-bond donors (Lipinski definition) is 0. The van der Waals surface area contributed by atoms with E-state index < -0.39 is 0 Å². The Balaban J connectivity index is 0.00000553. The minimum absolute atomic E-state index is 0. The van der Waals surface area contributed by atoms with Gasteiger partial charge in [0, 0.05) is 83.9 Å². The van der Waals surface area contributed by atoms with Crippen LogP contribution in [0.4, 0.5) is 22.7 Å². The van der Waals surface area contributed by atoms with Crippen molar-refractivity contribution in [1.29, 1.82) is 0 Å². The van der Waals surface area contributed by atoms with E-state index in [1.54, 1.807) is 0 Å². The largest absolute Gasteiger partial charge is 0.509 e. The van der Waals surface area contributed by atoms with Crippen LogP contribution in [0.2, 0.25) is 0 Å². The van der Waals surface area contributed by atoms with Crippen molar-refractivity contribution in [3.05, 3.63) is 231 Å². The Hall–Kier alpha value is -8.45. The van der Waals surface area contributed by atoms with Crippen LogP contribution < -0.4 is 14.5 Å². The zero-order chi connectivity index (χ0) is 50.7. The second kappa shape index (κ2) is 17.9. The van der Waals surface area contributed by atoms with Gasteiger partial charge in [-0.1, -0.05) is 138 Å². The van der Waals surface area contributed by atoms with Crippen LogP contribution in [-0.2, 0) is 31.9 Å². The van der Waals surface area contributed by atoms with Gasteiger partial charge in [0.1, 0.15) is 5.82 Å². The predicted molar refractivity (Wildman–Crippen MR) is 308 cm³/mol. The fourth-order valence-electron chi connectivity index (χ4n) is 11.3. The van der Waals surface area contributed by atoms with Gasteiger partial charge in [-0.3, -0.25) is 4.98 Å².